The van der Waals surface area contributed by atoms with E-state index in [2.05, 4.69) is 14.9 Å². The number of anilines is 2. The number of rotatable bonds is 1. The van der Waals surface area contributed by atoms with Crippen molar-refractivity contribution in [3.63, 3.8) is 0 Å². The average Bonchev–Trinajstić information content (AvgIpc) is 2.14. The van der Waals surface area contributed by atoms with Crippen molar-refractivity contribution < 1.29 is 9.84 Å². The maximum Gasteiger partial charge on any atom is 0.238 e. The van der Waals surface area contributed by atoms with Crippen LogP contribution in [-0.2, 0) is 0 Å². The van der Waals surface area contributed by atoms with Gasteiger partial charge in [-0.2, -0.15) is 0 Å². The van der Waals surface area contributed by atoms with E-state index in [0.29, 0.717) is 0 Å². The first-order valence-corrected chi connectivity index (χ1v) is 1.82. The molecule has 6 nitrogen and oxygen atoms in total. The molecule has 0 aliphatic heterocycles. The Kier molecular flexibility index (Phi) is 1.01. The summed E-state index contributed by atoms with van der Waals surface area (Å²) in [5, 5.41) is 14.4. The number of hydrogen-bond donors (Lipinski definition) is 3. The Bertz CT molecular complexity index is 172. The number of hydrogen-bond acceptors (Lipinski definition) is 6. The van der Waals surface area contributed by atoms with Crippen molar-refractivity contribution in [2.24, 2.45) is 0 Å². The third-order valence-electron chi connectivity index (χ3n) is 0.620. The normalized spacial score (nSPS) is 9.12. The molecule has 6 heteroatoms. The first kappa shape index (κ1) is 4.85. The quantitative estimate of drug-likeness (QED) is 0.426. The second-order valence-electron chi connectivity index (χ2n) is 1.11. The largest absolute Gasteiger partial charge is 0.378 e. The zero-order valence-electron chi connectivity index (χ0n) is 3.83. The second kappa shape index (κ2) is 1.66. The Hall–Kier alpha value is -1.30. The van der Waals surface area contributed by atoms with Crippen molar-refractivity contribution in [3.05, 3.63) is 0 Å². The SMILES string of the molecule is Nc1nonc1NO. The molecule has 0 aliphatic rings. The average molecular weight is 116 g/mol. The van der Waals surface area contributed by atoms with Gasteiger partial charge < -0.3 is 5.73 Å². The molecule has 0 fully saturated rings. The van der Waals surface area contributed by atoms with Gasteiger partial charge in [0, 0.05) is 0 Å². The highest BCUT2D eigenvalue weighted by atomic mass is 16.6. The van der Waals surface area contributed by atoms with Crippen LogP contribution in [0.4, 0.5) is 11.6 Å². The van der Waals surface area contributed by atoms with Crippen LogP contribution in [0.25, 0.3) is 0 Å². The highest BCUT2D eigenvalue weighted by Crippen LogP contribution is 2.07. The fourth-order valence-electron chi connectivity index (χ4n) is 0.273. The van der Waals surface area contributed by atoms with E-state index in [1.807, 2.05) is 0 Å². The van der Waals surface area contributed by atoms with Crippen LogP contribution in [0.2, 0.25) is 0 Å². The van der Waals surface area contributed by atoms with E-state index < -0.39 is 0 Å². The Morgan fingerprint density at radius 2 is 2.38 bits per heavy atom. The molecule has 0 unspecified atom stereocenters. The molecule has 1 rings (SSSR count). The van der Waals surface area contributed by atoms with Crippen molar-refractivity contribution in [1.82, 2.24) is 10.3 Å². The van der Waals surface area contributed by atoms with Gasteiger partial charge >= 0.3 is 0 Å². The second-order valence-corrected chi connectivity index (χ2v) is 1.11. The highest BCUT2D eigenvalue weighted by molar-refractivity contribution is 5.51. The molecule has 0 bridgehead atoms. The van der Waals surface area contributed by atoms with E-state index in [1.165, 1.54) is 0 Å². The van der Waals surface area contributed by atoms with Gasteiger partial charge in [-0.05, 0) is 10.3 Å². The number of nitrogens with one attached hydrogen (secondary N) is 1. The summed E-state index contributed by atoms with van der Waals surface area (Å²) in [5.74, 6) is 0.0671. The molecule has 0 radical (unpaired) electrons. The van der Waals surface area contributed by atoms with Crippen LogP contribution in [-0.4, -0.2) is 15.5 Å². The van der Waals surface area contributed by atoms with Crippen LogP contribution in [0.3, 0.4) is 0 Å². The summed E-state index contributed by atoms with van der Waals surface area (Å²) in [6, 6.07) is 0. The predicted molar refractivity (Wildman–Crippen MR) is 24.1 cm³/mol. The van der Waals surface area contributed by atoms with E-state index in [9.17, 15) is 0 Å². The molecule has 1 aromatic rings. The number of nitrogen functional groups attached to an aromatic ring is 1. The Labute approximate surface area is 44.2 Å². The van der Waals surface area contributed by atoms with Crippen molar-refractivity contribution in [3.8, 4) is 0 Å². The molecule has 1 heterocycles. The van der Waals surface area contributed by atoms with Gasteiger partial charge in [0.15, 0.2) is 0 Å². The minimum atomic E-state index is 0.0324. The minimum Gasteiger partial charge on any atom is -0.378 e. The highest BCUT2D eigenvalue weighted by Gasteiger charge is 2.00. The molecule has 8 heavy (non-hydrogen) atoms. The summed E-state index contributed by atoms with van der Waals surface area (Å²) in [7, 11) is 0. The number of nitrogens with two attached hydrogens (primary N) is 1. The molecule has 4 N–H and O–H groups in total. The van der Waals surface area contributed by atoms with E-state index in [4.69, 9.17) is 10.9 Å². The van der Waals surface area contributed by atoms with Crippen LogP contribution in [0, 0.1) is 0 Å². The molecular formula is C2H4N4O2. The first-order chi connectivity index (χ1) is 3.84. The lowest BCUT2D eigenvalue weighted by molar-refractivity contribution is 0.303. The van der Waals surface area contributed by atoms with Gasteiger partial charge in [0.05, 0.1) is 0 Å². The lowest BCUT2D eigenvalue weighted by atomic mass is 10.7. The first-order valence-electron chi connectivity index (χ1n) is 1.82. The maximum absolute atomic E-state index is 8.11. The van der Waals surface area contributed by atoms with Crippen LogP contribution < -0.4 is 11.2 Å². The van der Waals surface area contributed by atoms with E-state index >= 15 is 0 Å². The van der Waals surface area contributed by atoms with Gasteiger partial charge in [0.2, 0.25) is 11.6 Å². The van der Waals surface area contributed by atoms with E-state index in [0.717, 1.165) is 0 Å². The number of nitrogens with zero attached hydrogens (tertiary/aromatic N) is 2. The standard InChI is InChI=1S/C2H4N4O2/c3-1-2(4-7)6-8-5-1/h7H,(H2,3,5)(H,4,6). The van der Waals surface area contributed by atoms with Gasteiger partial charge in [-0.1, -0.05) is 0 Å². The molecule has 44 valence electrons. The summed E-state index contributed by atoms with van der Waals surface area (Å²) in [5.41, 5.74) is 6.74. The smallest absolute Gasteiger partial charge is 0.238 e. The molecule has 0 aliphatic carbocycles. The van der Waals surface area contributed by atoms with Crippen molar-refractivity contribution in [1.29, 1.82) is 0 Å². The monoisotopic (exact) mass is 116 g/mol. The third kappa shape index (κ3) is 0.562. The summed E-state index contributed by atoms with van der Waals surface area (Å²) >= 11 is 0. The zero-order chi connectivity index (χ0) is 5.98. The molecule has 1 aromatic heterocycles. The lowest BCUT2D eigenvalue weighted by Crippen LogP contribution is -1.94. The van der Waals surface area contributed by atoms with Crippen LogP contribution in [0.5, 0.6) is 0 Å². The van der Waals surface area contributed by atoms with E-state index in [1.54, 1.807) is 5.48 Å². The molecule has 0 saturated carbocycles. The third-order valence-corrected chi connectivity index (χ3v) is 0.620. The lowest BCUT2D eigenvalue weighted by Gasteiger charge is -1.84. The summed E-state index contributed by atoms with van der Waals surface area (Å²) < 4.78 is 4.09. The summed E-state index contributed by atoms with van der Waals surface area (Å²) in [4.78, 5) is 0. The van der Waals surface area contributed by atoms with Gasteiger partial charge in [-0.15, -0.1) is 0 Å². The van der Waals surface area contributed by atoms with Crippen molar-refractivity contribution >= 4 is 11.6 Å². The molecular weight excluding hydrogens is 112 g/mol. The molecule has 0 amide bonds. The van der Waals surface area contributed by atoms with Crippen molar-refractivity contribution in [2.75, 3.05) is 11.2 Å². The minimum absolute atomic E-state index is 0.0324. The van der Waals surface area contributed by atoms with Gasteiger partial charge in [-0.25, -0.2) is 10.1 Å². The van der Waals surface area contributed by atoms with E-state index in [-0.39, 0.29) is 11.6 Å². The Morgan fingerprint density at radius 1 is 1.62 bits per heavy atom. The van der Waals surface area contributed by atoms with Crippen LogP contribution >= 0.6 is 0 Å². The Morgan fingerprint density at radius 3 is 2.62 bits per heavy atom. The van der Waals surface area contributed by atoms with Gasteiger partial charge in [-0.3, -0.25) is 5.21 Å². The van der Waals surface area contributed by atoms with Crippen molar-refractivity contribution in [2.45, 2.75) is 0 Å². The number of aromatic nitrogens is 2. The van der Waals surface area contributed by atoms with Crippen LogP contribution in [0.15, 0.2) is 4.63 Å². The van der Waals surface area contributed by atoms with Gasteiger partial charge in [0.25, 0.3) is 0 Å². The maximum atomic E-state index is 8.11. The Balaban J connectivity index is 2.92. The molecule has 0 aromatic carbocycles. The fraction of sp³-hybridized carbons (Fsp3) is 0. The van der Waals surface area contributed by atoms with Gasteiger partial charge in [0.1, 0.15) is 0 Å². The predicted octanol–water partition coefficient (Wildman–Crippen LogP) is -0.547. The zero-order valence-corrected chi connectivity index (χ0v) is 3.83. The molecule has 0 atom stereocenters. The summed E-state index contributed by atoms with van der Waals surface area (Å²) in [6.07, 6.45) is 0. The van der Waals surface area contributed by atoms with Crippen LogP contribution in [0.1, 0.15) is 0 Å². The fourth-order valence-corrected chi connectivity index (χ4v) is 0.273. The molecule has 0 spiro atoms. The summed E-state index contributed by atoms with van der Waals surface area (Å²) in [6.45, 7) is 0. The molecule has 0 saturated heterocycles. The topological polar surface area (TPSA) is 97.2 Å².